The number of ether oxygens (including phenoxy) is 1. The molecule has 2 saturated heterocycles. The standard InChI is InChI=1S/C17H23N3O2S/c1-2-15(21-9-1)12-19-6-3-17(4-7-19)14-20(8-10-22-17)13-16-18-5-11-23-16/h1-2,5,9,11H,3-4,6-8,10,12-14H2. The van der Waals surface area contributed by atoms with E-state index in [0.717, 1.165) is 64.5 Å². The average molecular weight is 333 g/mol. The van der Waals surface area contributed by atoms with Crippen molar-refractivity contribution in [3.8, 4) is 0 Å². The van der Waals surface area contributed by atoms with E-state index in [1.54, 1.807) is 17.6 Å². The van der Waals surface area contributed by atoms with E-state index >= 15 is 0 Å². The molecule has 0 saturated carbocycles. The Balaban J connectivity index is 1.32. The van der Waals surface area contributed by atoms with Crippen LogP contribution in [0, 0.1) is 0 Å². The first-order valence-electron chi connectivity index (χ1n) is 8.31. The van der Waals surface area contributed by atoms with Crippen molar-refractivity contribution in [1.29, 1.82) is 0 Å². The molecule has 0 amide bonds. The Kier molecular flexibility index (Phi) is 4.48. The molecule has 0 aliphatic carbocycles. The van der Waals surface area contributed by atoms with Gasteiger partial charge >= 0.3 is 0 Å². The molecule has 0 aromatic carbocycles. The van der Waals surface area contributed by atoms with Crippen molar-refractivity contribution in [2.24, 2.45) is 0 Å². The molecule has 4 rings (SSSR count). The summed E-state index contributed by atoms with van der Waals surface area (Å²) in [4.78, 5) is 9.39. The number of hydrogen-bond donors (Lipinski definition) is 0. The highest BCUT2D eigenvalue weighted by atomic mass is 32.1. The first-order valence-corrected chi connectivity index (χ1v) is 9.19. The highest BCUT2D eigenvalue weighted by molar-refractivity contribution is 7.09. The third-order valence-electron chi connectivity index (χ3n) is 4.90. The second-order valence-corrected chi connectivity index (χ2v) is 7.50. The number of aromatic nitrogens is 1. The molecule has 6 heteroatoms. The SMILES string of the molecule is c1coc(CN2CCC3(CC2)CN(Cc2nccs2)CCO3)c1. The summed E-state index contributed by atoms with van der Waals surface area (Å²) < 4.78 is 11.7. The van der Waals surface area contributed by atoms with Gasteiger partial charge in [0, 0.05) is 37.8 Å². The van der Waals surface area contributed by atoms with Gasteiger partial charge in [-0.05, 0) is 25.0 Å². The Bertz CT molecular complexity index is 591. The largest absolute Gasteiger partial charge is 0.468 e. The van der Waals surface area contributed by atoms with Gasteiger partial charge in [0.2, 0.25) is 0 Å². The summed E-state index contributed by atoms with van der Waals surface area (Å²) in [5.74, 6) is 1.05. The number of nitrogens with zero attached hydrogens (tertiary/aromatic N) is 3. The van der Waals surface area contributed by atoms with Crippen LogP contribution in [0.4, 0.5) is 0 Å². The third kappa shape index (κ3) is 3.66. The molecule has 2 aromatic heterocycles. The topological polar surface area (TPSA) is 41.7 Å². The zero-order chi connectivity index (χ0) is 15.5. The van der Waals surface area contributed by atoms with Crippen LogP contribution in [0.1, 0.15) is 23.6 Å². The van der Waals surface area contributed by atoms with Crippen LogP contribution in [0.3, 0.4) is 0 Å². The predicted molar refractivity (Wildman–Crippen MR) is 89.3 cm³/mol. The van der Waals surface area contributed by atoms with Crippen molar-refractivity contribution < 1.29 is 9.15 Å². The van der Waals surface area contributed by atoms with E-state index in [4.69, 9.17) is 9.15 Å². The maximum Gasteiger partial charge on any atom is 0.117 e. The maximum absolute atomic E-state index is 6.23. The minimum Gasteiger partial charge on any atom is -0.468 e. The van der Waals surface area contributed by atoms with Gasteiger partial charge in [-0.25, -0.2) is 4.98 Å². The minimum absolute atomic E-state index is 0.0369. The minimum atomic E-state index is 0.0369. The molecule has 0 unspecified atom stereocenters. The summed E-state index contributed by atoms with van der Waals surface area (Å²) in [6.07, 6.45) is 5.84. The fourth-order valence-corrected chi connectivity index (χ4v) is 4.28. The van der Waals surface area contributed by atoms with Crippen LogP contribution in [0.5, 0.6) is 0 Å². The highest BCUT2D eigenvalue weighted by Gasteiger charge is 2.39. The summed E-state index contributed by atoms with van der Waals surface area (Å²) in [5.41, 5.74) is 0.0369. The molecule has 2 aliphatic rings. The van der Waals surface area contributed by atoms with Gasteiger partial charge in [0.1, 0.15) is 10.8 Å². The second kappa shape index (κ2) is 6.73. The van der Waals surface area contributed by atoms with Crippen molar-refractivity contribution in [1.82, 2.24) is 14.8 Å². The molecule has 124 valence electrons. The number of piperidine rings is 1. The monoisotopic (exact) mass is 333 g/mol. The van der Waals surface area contributed by atoms with Crippen molar-refractivity contribution in [2.75, 3.05) is 32.8 Å². The fraction of sp³-hybridized carbons (Fsp3) is 0.588. The lowest BCUT2D eigenvalue weighted by Crippen LogP contribution is -2.56. The summed E-state index contributed by atoms with van der Waals surface area (Å²) in [6.45, 7) is 6.89. The van der Waals surface area contributed by atoms with Gasteiger partial charge < -0.3 is 9.15 Å². The van der Waals surface area contributed by atoms with E-state index in [1.807, 2.05) is 12.3 Å². The zero-order valence-electron chi connectivity index (χ0n) is 13.3. The summed E-state index contributed by atoms with van der Waals surface area (Å²) in [7, 11) is 0. The van der Waals surface area contributed by atoms with Gasteiger partial charge in [0.05, 0.1) is 31.6 Å². The van der Waals surface area contributed by atoms with E-state index in [-0.39, 0.29) is 5.60 Å². The Hall–Kier alpha value is -1.21. The van der Waals surface area contributed by atoms with Gasteiger partial charge in [0.25, 0.3) is 0 Å². The van der Waals surface area contributed by atoms with Gasteiger partial charge in [0.15, 0.2) is 0 Å². The first-order chi connectivity index (χ1) is 11.3. The highest BCUT2D eigenvalue weighted by Crippen LogP contribution is 2.31. The van der Waals surface area contributed by atoms with Crippen molar-refractivity contribution in [2.45, 2.75) is 31.5 Å². The lowest BCUT2D eigenvalue weighted by Gasteiger charge is -2.47. The predicted octanol–water partition coefficient (Wildman–Crippen LogP) is 2.60. The van der Waals surface area contributed by atoms with E-state index in [9.17, 15) is 0 Å². The van der Waals surface area contributed by atoms with Crippen molar-refractivity contribution in [3.63, 3.8) is 0 Å². The molecule has 0 radical (unpaired) electrons. The van der Waals surface area contributed by atoms with Gasteiger partial charge in [-0.15, -0.1) is 11.3 Å². The van der Waals surface area contributed by atoms with Crippen LogP contribution < -0.4 is 0 Å². The molecule has 5 nitrogen and oxygen atoms in total. The molecular weight excluding hydrogens is 310 g/mol. The normalized spacial score (nSPS) is 22.6. The molecular formula is C17H23N3O2S. The molecule has 4 heterocycles. The van der Waals surface area contributed by atoms with E-state index in [0.29, 0.717) is 0 Å². The maximum atomic E-state index is 6.23. The summed E-state index contributed by atoms with van der Waals surface area (Å²) >= 11 is 1.74. The molecule has 0 atom stereocenters. The summed E-state index contributed by atoms with van der Waals surface area (Å²) in [6, 6.07) is 4.01. The number of rotatable bonds is 4. The Morgan fingerprint density at radius 2 is 2.09 bits per heavy atom. The summed E-state index contributed by atoms with van der Waals surface area (Å²) in [5, 5.41) is 3.26. The van der Waals surface area contributed by atoms with Gasteiger partial charge in [-0.1, -0.05) is 0 Å². The lowest BCUT2D eigenvalue weighted by molar-refractivity contribution is -0.138. The van der Waals surface area contributed by atoms with Crippen LogP contribution in [0.15, 0.2) is 34.4 Å². The molecule has 0 bridgehead atoms. The van der Waals surface area contributed by atoms with Crippen molar-refractivity contribution >= 4 is 11.3 Å². The second-order valence-electron chi connectivity index (χ2n) is 6.52. The van der Waals surface area contributed by atoms with Crippen LogP contribution in [0.25, 0.3) is 0 Å². The number of thiazole rings is 1. The zero-order valence-corrected chi connectivity index (χ0v) is 14.1. The quantitative estimate of drug-likeness (QED) is 0.860. The van der Waals surface area contributed by atoms with Crippen molar-refractivity contribution in [3.05, 3.63) is 40.7 Å². The Labute approximate surface area is 140 Å². The van der Waals surface area contributed by atoms with Gasteiger partial charge in [-0.2, -0.15) is 0 Å². The van der Waals surface area contributed by atoms with Crippen LogP contribution in [0.2, 0.25) is 0 Å². The van der Waals surface area contributed by atoms with E-state index in [1.165, 1.54) is 5.01 Å². The number of likely N-dealkylation sites (tertiary alicyclic amines) is 1. The molecule has 2 aromatic rings. The fourth-order valence-electron chi connectivity index (χ4n) is 3.62. The Morgan fingerprint density at radius 1 is 1.17 bits per heavy atom. The average Bonchev–Trinajstić information content (AvgIpc) is 3.24. The number of furan rings is 1. The van der Waals surface area contributed by atoms with Crippen LogP contribution in [-0.2, 0) is 17.8 Å². The number of morpholine rings is 1. The smallest absolute Gasteiger partial charge is 0.117 e. The molecule has 2 fully saturated rings. The Morgan fingerprint density at radius 3 is 2.83 bits per heavy atom. The van der Waals surface area contributed by atoms with Gasteiger partial charge in [-0.3, -0.25) is 9.80 Å². The van der Waals surface area contributed by atoms with E-state index in [2.05, 4.69) is 26.2 Å². The lowest BCUT2D eigenvalue weighted by atomic mass is 9.89. The third-order valence-corrected chi connectivity index (χ3v) is 5.66. The molecule has 1 spiro atoms. The molecule has 0 N–H and O–H groups in total. The first kappa shape index (κ1) is 15.3. The van der Waals surface area contributed by atoms with E-state index < -0.39 is 0 Å². The van der Waals surface area contributed by atoms with Crippen LogP contribution in [-0.4, -0.2) is 53.2 Å². The molecule has 23 heavy (non-hydrogen) atoms. The van der Waals surface area contributed by atoms with Crippen LogP contribution >= 0.6 is 11.3 Å². The number of hydrogen-bond acceptors (Lipinski definition) is 6. The molecule has 2 aliphatic heterocycles.